The molecule has 0 saturated carbocycles. The predicted molar refractivity (Wildman–Crippen MR) is 82.3 cm³/mol. The second-order valence-electron chi connectivity index (χ2n) is 7.22. The van der Waals surface area contributed by atoms with Gasteiger partial charge in [0.15, 0.2) is 0 Å². The molecule has 0 aromatic carbocycles. The summed E-state index contributed by atoms with van der Waals surface area (Å²) >= 11 is 0. The van der Waals surface area contributed by atoms with E-state index in [1.54, 1.807) is 5.57 Å². The maximum Gasteiger partial charge on any atom is 0.0741 e. The van der Waals surface area contributed by atoms with Gasteiger partial charge in [0.1, 0.15) is 0 Å². The standard InChI is InChI=1S/C16H26N4/c1-16(2,3)11-20-15(10-18-19-20)13-6-4-12(5-7-13)14-8-17-9-14/h4,6,10,14,17-19H,5,7-9,11H2,1-3H3. The van der Waals surface area contributed by atoms with E-state index < -0.39 is 0 Å². The quantitative estimate of drug-likeness (QED) is 0.737. The zero-order valence-electron chi connectivity index (χ0n) is 12.8. The second-order valence-corrected chi connectivity index (χ2v) is 7.22. The highest BCUT2D eigenvalue weighted by Crippen LogP contribution is 2.32. The Labute approximate surface area is 121 Å². The van der Waals surface area contributed by atoms with Gasteiger partial charge in [-0.05, 0) is 23.8 Å². The summed E-state index contributed by atoms with van der Waals surface area (Å²) in [6.07, 6.45) is 9.10. The third-order valence-corrected chi connectivity index (χ3v) is 4.15. The number of nitrogens with one attached hydrogen (secondary N) is 3. The van der Waals surface area contributed by atoms with E-state index in [4.69, 9.17) is 0 Å². The average molecular weight is 274 g/mol. The summed E-state index contributed by atoms with van der Waals surface area (Å²) in [5.74, 6) is 0.785. The van der Waals surface area contributed by atoms with Crippen LogP contribution in [0, 0.1) is 11.3 Å². The third kappa shape index (κ3) is 2.91. The van der Waals surface area contributed by atoms with Gasteiger partial charge in [0.2, 0.25) is 0 Å². The van der Waals surface area contributed by atoms with Crippen molar-refractivity contribution in [3.63, 3.8) is 0 Å². The van der Waals surface area contributed by atoms with Crippen molar-refractivity contribution in [1.82, 2.24) is 21.3 Å². The van der Waals surface area contributed by atoms with Crippen LogP contribution in [0.25, 0.3) is 0 Å². The first-order valence-corrected chi connectivity index (χ1v) is 7.62. The molecule has 0 amide bonds. The van der Waals surface area contributed by atoms with Crippen molar-refractivity contribution >= 4 is 0 Å². The van der Waals surface area contributed by atoms with E-state index in [1.165, 1.54) is 17.7 Å². The largest absolute Gasteiger partial charge is 0.315 e. The zero-order chi connectivity index (χ0) is 14.2. The lowest BCUT2D eigenvalue weighted by Crippen LogP contribution is -2.43. The lowest BCUT2D eigenvalue weighted by molar-refractivity contribution is 0.179. The Morgan fingerprint density at radius 3 is 2.55 bits per heavy atom. The van der Waals surface area contributed by atoms with Crippen molar-refractivity contribution < 1.29 is 0 Å². The van der Waals surface area contributed by atoms with Crippen LogP contribution in [0.4, 0.5) is 0 Å². The molecule has 1 fully saturated rings. The summed E-state index contributed by atoms with van der Waals surface area (Å²) < 4.78 is 0. The third-order valence-electron chi connectivity index (χ3n) is 4.15. The first-order valence-electron chi connectivity index (χ1n) is 7.62. The molecule has 3 N–H and O–H groups in total. The van der Waals surface area contributed by atoms with Crippen molar-refractivity contribution in [2.75, 3.05) is 19.6 Å². The van der Waals surface area contributed by atoms with E-state index >= 15 is 0 Å². The maximum absolute atomic E-state index is 3.36. The number of allylic oxidation sites excluding steroid dienone is 3. The summed E-state index contributed by atoms with van der Waals surface area (Å²) in [6, 6.07) is 0. The minimum absolute atomic E-state index is 0.270. The predicted octanol–water partition coefficient (Wildman–Crippen LogP) is 2.06. The van der Waals surface area contributed by atoms with Crippen molar-refractivity contribution in [1.29, 1.82) is 0 Å². The molecule has 4 nitrogen and oxygen atoms in total. The monoisotopic (exact) mass is 274 g/mol. The fourth-order valence-corrected chi connectivity index (χ4v) is 2.94. The Morgan fingerprint density at radius 2 is 2.00 bits per heavy atom. The van der Waals surface area contributed by atoms with Gasteiger partial charge in [-0.15, -0.1) is 5.53 Å². The van der Waals surface area contributed by atoms with E-state index in [-0.39, 0.29) is 5.41 Å². The maximum atomic E-state index is 3.36. The van der Waals surface area contributed by atoms with Crippen LogP contribution in [-0.4, -0.2) is 24.6 Å². The Bertz CT molecular complexity index is 463. The van der Waals surface area contributed by atoms with Crippen LogP contribution in [-0.2, 0) is 0 Å². The van der Waals surface area contributed by atoms with Crippen molar-refractivity contribution in [3.05, 3.63) is 35.2 Å². The fraction of sp³-hybridized carbons (Fsp3) is 0.625. The van der Waals surface area contributed by atoms with E-state index in [9.17, 15) is 0 Å². The summed E-state index contributed by atoms with van der Waals surface area (Å²) in [7, 11) is 0. The first kappa shape index (κ1) is 13.7. The summed E-state index contributed by atoms with van der Waals surface area (Å²) in [4.78, 5) is 0. The summed E-state index contributed by atoms with van der Waals surface area (Å²) in [5.41, 5.74) is 11.0. The Hall–Kier alpha value is -1.26. The molecule has 0 radical (unpaired) electrons. The van der Waals surface area contributed by atoms with Crippen LogP contribution >= 0.6 is 0 Å². The molecule has 2 heterocycles. The number of hydrogen-bond acceptors (Lipinski definition) is 4. The van der Waals surface area contributed by atoms with Crippen molar-refractivity contribution in [2.45, 2.75) is 33.6 Å². The van der Waals surface area contributed by atoms with E-state index in [1.807, 2.05) is 0 Å². The Morgan fingerprint density at radius 1 is 1.20 bits per heavy atom. The highest BCUT2D eigenvalue weighted by molar-refractivity contribution is 5.38. The van der Waals surface area contributed by atoms with Crippen LogP contribution in [0.15, 0.2) is 35.2 Å². The summed E-state index contributed by atoms with van der Waals surface area (Å²) in [6.45, 7) is 10.1. The van der Waals surface area contributed by atoms with E-state index in [2.05, 4.69) is 60.4 Å². The number of rotatable bonds is 3. The minimum Gasteiger partial charge on any atom is -0.315 e. The van der Waals surface area contributed by atoms with Crippen LogP contribution < -0.4 is 16.3 Å². The lowest BCUT2D eigenvalue weighted by Gasteiger charge is -2.33. The second kappa shape index (κ2) is 5.26. The molecule has 0 bridgehead atoms. The van der Waals surface area contributed by atoms with Gasteiger partial charge in [-0.2, -0.15) is 0 Å². The van der Waals surface area contributed by atoms with Gasteiger partial charge in [0, 0.05) is 31.8 Å². The minimum atomic E-state index is 0.270. The molecule has 1 saturated heterocycles. The fourth-order valence-electron chi connectivity index (χ4n) is 2.94. The molecular weight excluding hydrogens is 248 g/mol. The average Bonchev–Trinajstić information content (AvgIpc) is 2.73. The van der Waals surface area contributed by atoms with Crippen LogP contribution in [0.2, 0.25) is 0 Å². The first-order chi connectivity index (χ1) is 9.53. The molecule has 0 unspecified atom stereocenters. The number of hydrazine groups is 2. The molecule has 2 aliphatic heterocycles. The molecule has 0 aromatic rings. The molecule has 0 spiro atoms. The topological polar surface area (TPSA) is 39.3 Å². The molecule has 0 aromatic heterocycles. The van der Waals surface area contributed by atoms with Gasteiger partial charge in [0.05, 0.1) is 5.70 Å². The Balaban J connectivity index is 1.69. The molecular formula is C16H26N4. The molecule has 20 heavy (non-hydrogen) atoms. The van der Waals surface area contributed by atoms with Crippen molar-refractivity contribution in [3.8, 4) is 0 Å². The molecule has 1 aliphatic carbocycles. The van der Waals surface area contributed by atoms with Gasteiger partial charge in [-0.25, -0.2) is 0 Å². The smallest absolute Gasteiger partial charge is 0.0741 e. The van der Waals surface area contributed by atoms with Crippen LogP contribution in [0.5, 0.6) is 0 Å². The molecule has 3 rings (SSSR count). The summed E-state index contributed by atoms with van der Waals surface area (Å²) in [5, 5.41) is 5.59. The number of hydrogen-bond donors (Lipinski definition) is 3. The van der Waals surface area contributed by atoms with Crippen LogP contribution in [0.3, 0.4) is 0 Å². The van der Waals surface area contributed by atoms with E-state index in [0.29, 0.717) is 0 Å². The van der Waals surface area contributed by atoms with Crippen LogP contribution in [0.1, 0.15) is 33.6 Å². The molecule has 4 heteroatoms. The lowest BCUT2D eigenvalue weighted by atomic mass is 9.85. The highest BCUT2D eigenvalue weighted by Gasteiger charge is 2.26. The molecule has 110 valence electrons. The normalized spacial score (nSPS) is 23.8. The van der Waals surface area contributed by atoms with E-state index in [0.717, 1.165) is 32.0 Å². The van der Waals surface area contributed by atoms with Gasteiger partial charge in [0.25, 0.3) is 0 Å². The van der Waals surface area contributed by atoms with Gasteiger partial charge < -0.3 is 10.7 Å². The Kier molecular flexibility index (Phi) is 3.61. The zero-order valence-corrected chi connectivity index (χ0v) is 12.8. The molecule has 0 atom stereocenters. The molecule has 3 aliphatic rings. The van der Waals surface area contributed by atoms with Crippen molar-refractivity contribution in [2.24, 2.45) is 11.3 Å². The van der Waals surface area contributed by atoms with Gasteiger partial charge in [-0.1, -0.05) is 38.5 Å². The SMILES string of the molecule is CC(C)(C)CN1NNC=C1C1=CC=C(C2CNC2)CC1. The van der Waals surface area contributed by atoms with Gasteiger partial charge in [-0.3, -0.25) is 5.01 Å². The number of nitrogens with zero attached hydrogens (tertiary/aromatic N) is 1. The van der Waals surface area contributed by atoms with Gasteiger partial charge >= 0.3 is 0 Å². The highest BCUT2D eigenvalue weighted by atomic mass is 15.7.